The zero-order valence-corrected chi connectivity index (χ0v) is 9.27. The van der Waals surface area contributed by atoms with Crippen LogP contribution in [0.5, 0.6) is 11.7 Å². The number of aryl methyl sites for hydroxylation is 1. The third-order valence-corrected chi connectivity index (χ3v) is 2.39. The highest BCUT2D eigenvalue weighted by Gasteiger charge is 2.02. The van der Waals surface area contributed by atoms with Crippen molar-refractivity contribution < 1.29 is 9.15 Å². The van der Waals surface area contributed by atoms with E-state index in [-0.39, 0.29) is 0 Å². The topological polar surface area (TPSA) is 48.4 Å². The molecular formula is C13H15NO2. The van der Waals surface area contributed by atoms with E-state index in [0.29, 0.717) is 12.5 Å². The summed E-state index contributed by atoms with van der Waals surface area (Å²) in [5.74, 6) is 1.97. The summed E-state index contributed by atoms with van der Waals surface area (Å²) in [7, 11) is 0. The van der Waals surface area contributed by atoms with Gasteiger partial charge in [0.25, 0.3) is 5.95 Å². The highest BCUT2D eigenvalue weighted by molar-refractivity contribution is 5.30. The molecule has 0 bridgehead atoms. The molecular weight excluding hydrogens is 202 g/mol. The Labute approximate surface area is 94.8 Å². The first kappa shape index (κ1) is 10.8. The van der Waals surface area contributed by atoms with E-state index in [1.165, 1.54) is 5.56 Å². The lowest BCUT2D eigenvalue weighted by molar-refractivity contribution is 0.333. The number of furan rings is 1. The molecule has 0 unspecified atom stereocenters. The molecule has 0 aliphatic heterocycles. The SMILES string of the molecule is CCc1ccc(Oc2ccc(CN)o2)cc1. The molecule has 1 aromatic heterocycles. The van der Waals surface area contributed by atoms with Crippen LogP contribution in [-0.4, -0.2) is 0 Å². The first-order valence-electron chi connectivity index (χ1n) is 5.37. The summed E-state index contributed by atoms with van der Waals surface area (Å²) in [6.07, 6.45) is 1.03. The van der Waals surface area contributed by atoms with Crippen molar-refractivity contribution in [1.29, 1.82) is 0 Å². The van der Waals surface area contributed by atoms with Crippen molar-refractivity contribution in [1.82, 2.24) is 0 Å². The first-order valence-corrected chi connectivity index (χ1v) is 5.37. The third-order valence-electron chi connectivity index (χ3n) is 2.39. The highest BCUT2D eigenvalue weighted by Crippen LogP contribution is 2.23. The smallest absolute Gasteiger partial charge is 0.290 e. The minimum Gasteiger partial charge on any atom is -0.429 e. The van der Waals surface area contributed by atoms with Gasteiger partial charge in [-0.15, -0.1) is 0 Å². The van der Waals surface area contributed by atoms with Gasteiger partial charge in [0.1, 0.15) is 11.5 Å². The molecule has 1 heterocycles. The van der Waals surface area contributed by atoms with Crippen LogP contribution >= 0.6 is 0 Å². The van der Waals surface area contributed by atoms with Gasteiger partial charge in [0, 0.05) is 6.07 Å². The van der Waals surface area contributed by atoms with Crippen molar-refractivity contribution >= 4 is 0 Å². The second kappa shape index (κ2) is 4.86. The lowest BCUT2D eigenvalue weighted by atomic mass is 10.2. The van der Waals surface area contributed by atoms with E-state index in [9.17, 15) is 0 Å². The molecule has 0 radical (unpaired) electrons. The predicted octanol–water partition coefficient (Wildman–Crippen LogP) is 3.09. The van der Waals surface area contributed by atoms with Crippen molar-refractivity contribution in [3.63, 3.8) is 0 Å². The van der Waals surface area contributed by atoms with Crippen LogP contribution in [0.1, 0.15) is 18.2 Å². The Kier molecular flexibility index (Phi) is 3.27. The Hall–Kier alpha value is -1.74. The van der Waals surface area contributed by atoms with Crippen LogP contribution in [0.25, 0.3) is 0 Å². The van der Waals surface area contributed by atoms with Gasteiger partial charge in [0.2, 0.25) is 0 Å². The molecule has 1 aromatic carbocycles. The van der Waals surface area contributed by atoms with E-state index in [1.807, 2.05) is 30.3 Å². The molecule has 0 saturated carbocycles. The van der Waals surface area contributed by atoms with Gasteiger partial charge >= 0.3 is 0 Å². The van der Waals surface area contributed by atoms with E-state index in [4.69, 9.17) is 14.9 Å². The first-order chi connectivity index (χ1) is 7.81. The summed E-state index contributed by atoms with van der Waals surface area (Å²) < 4.78 is 10.9. The van der Waals surface area contributed by atoms with Crippen molar-refractivity contribution in [2.45, 2.75) is 19.9 Å². The summed E-state index contributed by atoms with van der Waals surface area (Å²) in [5, 5.41) is 0. The van der Waals surface area contributed by atoms with E-state index in [2.05, 4.69) is 6.92 Å². The molecule has 2 N–H and O–H groups in total. The number of nitrogens with two attached hydrogens (primary N) is 1. The molecule has 0 fully saturated rings. The van der Waals surface area contributed by atoms with Gasteiger partial charge < -0.3 is 14.9 Å². The summed E-state index contributed by atoms with van der Waals surface area (Å²) in [5.41, 5.74) is 6.73. The van der Waals surface area contributed by atoms with Crippen molar-refractivity contribution in [2.75, 3.05) is 0 Å². The second-order valence-electron chi connectivity index (χ2n) is 3.52. The summed E-state index contributed by atoms with van der Waals surface area (Å²) in [6.45, 7) is 2.51. The lowest BCUT2D eigenvalue weighted by Crippen LogP contribution is -1.92. The van der Waals surface area contributed by atoms with Gasteiger partial charge in [-0.2, -0.15) is 0 Å². The molecule has 0 spiro atoms. The number of benzene rings is 1. The van der Waals surface area contributed by atoms with Crippen LogP contribution in [0.15, 0.2) is 40.8 Å². The van der Waals surface area contributed by atoms with E-state index >= 15 is 0 Å². The van der Waals surface area contributed by atoms with Crippen molar-refractivity contribution in [2.24, 2.45) is 5.73 Å². The fraction of sp³-hybridized carbons (Fsp3) is 0.231. The lowest BCUT2D eigenvalue weighted by Gasteiger charge is -2.02. The van der Waals surface area contributed by atoms with Crippen LogP contribution in [0, 0.1) is 0 Å². The average molecular weight is 217 g/mol. The molecule has 2 rings (SSSR count). The minimum atomic E-state index is 0.387. The molecule has 0 amide bonds. The number of ether oxygens (including phenoxy) is 1. The molecule has 0 aliphatic carbocycles. The maximum absolute atomic E-state index is 5.54. The molecule has 0 saturated heterocycles. The van der Waals surface area contributed by atoms with Crippen LogP contribution in [0.3, 0.4) is 0 Å². The van der Waals surface area contributed by atoms with Gasteiger partial charge in [-0.05, 0) is 30.2 Å². The number of hydrogen-bond acceptors (Lipinski definition) is 3. The minimum absolute atomic E-state index is 0.387. The third kappa shape index (κ3) is 2.44. The molecule has 3 heteroatoms. The normalized spacial score (nSPS) is 10.4. The Morgan fingerprint density at radius 2 is 1.88 bits per heavy atom. The molecule has 0 atom stereocenters. The highest BCUT2D eigenvalue weighted by atomic mass is 16.6. The van der Waals surface area contributed by atoms with Gasteiger partial charge in [-0.25, -0.2) is 0 Å². The van der Waals surface area contributed by atoms with Crippen LogP contribution < -0.4 is 10.5 Å². The zero-order chi connectivity index (χ0) is 11.4. The van der Waals surface area contributed by atoms with Gasteiger partial charge in [-0.3, -0.25) is 0 Å². The maximum Gasteiger partial charge on any atom is 0.290 e. The maximum atomic E-state index is 5.54. The van der Waals surface area contributed by atoms with Crippen molar-refractivity contribution in [3.05, 3.63) is 47.7 Å². The Bertz CT molecular complexity index is 445. The Morgan fingerprint density at radius 3 is 2.44 bits per heavy atom. The van der Waals surface area contributed by atoms with Gasteiger partial charge in [0.15, 0.2) is 0 Å². The van der Waals surface area contributed by atoms with Gasteiger partial charge in [-0.1, -0.05) is 19.1 Å². The largest absolute Gasteiger partial charge is 0.429 e. The average Bonchev–Trinajstić information content (AvgIpc) is 2.78. The fourth-order valence-corrected chi connectivity index (χ4v) is 1.43. The monoisotopic (exact) mass is 217 g/mol. The summed E-state index contributed by atoms with van der Waals surface area (Å²) in [6, 6.07) is 11.5. The molecule has 16 heavy (non-hydrogen) atoms. The van der Waals surface area contributed by atoms with E-state index in [0.717, 1.165) is 17.9 Å². The Morgan fingerprint density at radius 1 is 1.12 bits per heavy atom. The molecule has 84 valence electrons. The fourth-order valence-electron chi connectivity index (χ4n) is 1.43. The molecule has 0 aliphatic rings. The summed E-state index contributed by atoms with van der Waals surface area (Å²) in [4.78, 5) is 0. The Balaban J connectivity index is 2.08. The standard InChI is InChI=1S/C13H15NO2/c1-2-10-3-5-11(6-4-10)15-13-8-7-12(9-14)16-13/h3-8H,2,9,14H2,1H3. The second-order valence-corrected chi connectivity index (χ2v) is 3.52. The molecule has 3 nitrogen and oxygen atoms in total. The van der Waals surface area contributed by atoms with Crippen molar-refractivity contribution in [3.8, 4) is 11.7 Å². The zero-order valence-electron chi connectivity index (χ0n) is 9.27. The quantitative estimate of drug-likeness (QED) is 0.856. The van der Waals surface area contributed by atoms with E-state index < -0.39 is 0 Å². The molecule has 2 aromatic rings. The predicted molar refractivity (Wildman–Crippen MR) is 62.5 cm³/mol. The number of rotatable bonds is 4. The van der Waals surface area contributed by atoms with Crippen LogP contribution in [-0.2, 0) is 13.0 Å². The number of hydrogen-bond donors (Lipinski definition) is 1. The van der Waals surface area contributed by atoms with E-state index in [1.54, 1.807) is 6.07 Å². The van der Waals surface area contributed by atoms with Crippen LogP contribution in [0.2, 0.25) is 0 Å². The van der Waals surface area contributed by atoms with Gasteiger partial charge in [0.05, 0.1) is 6.54 Å². The summed E-state index contributed by atoms with van der Waals surface area (Å²) >= 11 is 0. The van der Waals surface area contributed by atoms with Crippen LogP contribution in [0.4, 0.5) is 0 Å².